The van der Waals surface area contributed by atoms with E-state index < -0.39 is 0 Å². The average molecular weight is 408 g/mol. The van der Waals surface area contributed by atoms with Crippen LogP contribution in [0, 0.1) is 5.82 Å². The number of aryl methyl sites for hydroxylation is 1. The smallest absolute Gasteiger partial charge is 0.220 e. The highest BCUT2D eigenvalue weighted by atomic mass is 35.5. The molecule has 6 heteroatoms. The molecule has 0 saturated carbocycles. The van der Waals surface area contributed by atoms with Crippen LogP contribution in [-0.2, 0) is 17.8 Å². The summed E-state index contributed by atoms with van der Waals surface area (Å²) in [6.45, 7) is 0.385. The largest absolute Gasteiger partial charge is 0.352 e. The molecular weight excluding hydrogens is 389 g/mol. The Hall–Kier alpha value is -3.18. The molecule has 4 aromatic rings. The predicted octanol–water partition coefficient (Wildman–Crippen LogP) is 5.04. The van der Waals surface area contributed by atoms with Gasteiger partial charge in [0.25, 0.3) is 0 Å². The van der Waals surface area contributed by atoms with Gasteiger partial charge in [-0.15, -0.1) is 0 Å². The van der Waals surface area contributed by atoms with Crippen LogP contribution in [0.15, 0.2) is 72.9 Å². The van der Waals surface area contributed by atoms with E-state index in [0.29, 0.717) is 24.4 Å². The highest BCUT2D eigenvalue weighted by Crippen LogP contribution is 2.26. The van der Waals surface area contributed by atoms with Gasteiger partial charge >= 0.3 is 0 Å². The third kappa shape index (κ3) is 4.30. The van der Waals surface area contributed by atoms with Gasteiger partial charge in [-0.3, -0.25) is 4.79 Å². The fraction of sp³-hybridized carbons (Fsp3) is 0.130. The van der Waals surface area contributed by atoms with Crippen LogP contribution in [-0.4, -0.2) is 15.3 Å². The lowest BCUT2D eigenvalue weighted by Crippen LogP contribution is -2.23. The first-order valence-corrected chi connectivity index (χ1v) is 9.71. The Morgan fingerprint density at radius 3 is 2.59 bits per heavy atom. The topological polar surface area (TPSA) is 46.4 Å². The van der Waals surface area contributed by atoms with Gasteiger partial charge in [-0.1, -0.05) is 35.9 Å². The minimum absolute atomic E-state index is 0.0687. The number of fused-ring (bicyclic) bond motifs is 1. The molecule has 0 aliphatic carbocycles. The quantitative estimate of drug-likeness (QED) is 0.486. The van der Waals surface area contributed by atoms with Gasteiger partial charge in [-0.05, 0) is 54.4 Å². The Morgan fingerprint density at radius 1 is 1.03 bits per heavy atom. The SMILES string of the molecule is O=C(CCc1c(-c2ccc(F)cc2)nc2ccccn12)NCc1ccccc1Cl. The van der Waals surface area contributed by atoms with Crippen LogP contribution in [0.2, 0.25) is 5.02 Å². The summed E-state index contributed by atoms with van der Waals surface area (Å²) in [7, 11) is 0. The lowest BCUT2D eigenvalue weighted by molar-refractivity contribution is -0.121. The zero-order valence-corrected chi connectivity index (χ0v) is 16.4. The molecule has 0 aliphatic rings. The Kier molecular flexibility index (Phi) is 5.58. The Morgan fingerprint density at radius 2 is 1.79 bits per heavy atom. The number of hydrogen-bond donors (Lipinski definition) is 1. The van der Waals surface area contributed by atoms with Gasteiger partial charge in [0, 0.05) is 29.7 Å². The zero-order valence-electron chi connectivity index (χ0n) is 15.6. The summed E-state index contributed by atoms with van der Waals surface area (Å²) in [5.74, 6) is -0.362. The molecule has 2 aromatic carbocycles. The van der Waals surface area contributed by atoms with Gasteiger partial charge in [-0.25, -0.2) is 9.37 Å². The van der Waals surface area contributed by atoms with Gasteiger partial charge < -0.3 is 9.72 Å². The first kappa shape index (κ1) is 19.2. The van der Waals surface area contributed by atoms with Crippen molar-refractivity contribution in [3.05, 3.63) is 95.0 Å². The number of benzene rings is 2. The van der Waals surface area contributed by atoms with E-state index >= 15 is 0 Å². The van der Waals surface area contributed by atoms with Gasteiger partial charge in [0.15, 0.2) is 0 Å². The number of carbonyl (C=O) groups is 1. The summed E-state index contributed by atoms with van der Waals surface area (Å²) in [6.07, 6.45) is 2.74. The van der Waals surface area contributed by atoms with Crippen LogP contribution < -0.4 is 5.32 Å². The summed E-state index contributed by atoms with van der Waals surface area (Å²) in [5.41, 5.74) is 4.17. The van der Waals surface area contributed by atoms with E-state index in [2.05, 4.69) is 10.3 Å². The van der Waals surface area contributed by atoms with Gasteiger partial charge in [0.2, 0.25) is 5.91 Å². The Labute approximate surface area is 173 Å². The maximum Gasteiger partial charge on any atom is 0.220 e. The second kappa shape index (κ2) is 8.45. The van der Waals surface area contributed by atoms with Gasteiger partial charge in [-0.2, -0.15) is 0 Å². The van der Waals surface area contributed by atoms with Crippen molar-refractivity contribution in [1.82, 2.24) is 14.7 Å². The van der Waals surface area contributed by atoms with Crippen molar-refractivity contribution < 1.29 is 9.18 Å². The van der Waals surface area contributed by atoms with E-state index in [1.807, 2.05) is 47.0 Å². The zero-order chi connectivity index (χ0) is 20.2. The van der Waals surface area contributed by atoms with Crippen molar-refractivity contribution >= 4 is 23.2 Å². The fourth-order valence-corrected chi connectivity index (χ4v) is 3.48. The molecule has 0 aliphatic heterocycles. The van der Waals surface area contributed by atoms with E-state index in [9.17, 15) is 9.18 Å². The molecule has 4 nitrogen and oxygen atoms in total. The fourth-order valence-electron chi connectivity index (χ4n) is 3.28. The van der Waals surface area contributed by atoms with Crippen LogP contribution in [0.4, 0.5) is 4.39 Å². The standard InChI is InChI=1S/C23H19ClFN3O/c24-19-6-2-1-5-17(19)15-26-22(29)13-12-20-23(16-8-10-18(25)11-9-16)27-21-7-3-4-14-28(20)21/h1-11,14H,12-13,15H2,(H,26,29). The second-order valence-electron chi connectivity index (χ2n) is 6.71. The van der Waals surface area contributed by atoms with Crippen LogP contribution in [0.25, 0.3) is 16.9 Å². The third-order valence-electron chi connectivity index (χ3n) is 4.77. The molecular formula is C23H19ClFN3O. The van der Waals surface area contributed by atoms with E-state index in [-0.39, 0.29) is 11.7 Å². The molecule has 0 unspecified atom stereocenters. The van der Waals surface area contributed by atoms with Crippen molar-refractivity contribution in [3.8, 4) is 11.3 Å². The van der Waals surface area contributed by atoms with E-state index in [0.717, 1.165) is 28.2 Å². The van der Waals surface area contributed by atoms with Crippen LogP contribution in [0.1, 0.15) is 17.7 Å². The summed E-state index contributed by atoms with van der Waals surface area (Å²) >= 11 is 6.14. The highest BCUT2D eigenvalue weighted by molar-refractivity contribution is 6.31. The number of amides is 1. The van der Waals surface area contributed by atoms with Crippen LogP contribution >= 0.6 is 11.6 Å². The first-order chi connectivity index (χ1) is 14.1. The molecule has 2 aromatic heterocycles. The molecule has 1 N–H and O–H groups in total. The number of hydrogen-bond acceptors (Lipinski definition) is 2. The van der Waals surface area contributed by atoms with Crippen LogP contribution in [0.3, 0.4) is 0 Å². The number of rotatable bonds is 6. The lowest BCUT2D eigenvalue weighted by Gasteiger charge is -2.08. The molecule has 4 rings (SSSR count). The van der Waals surface area contributed by atoms with E-state index in [1.54, 1.807) is 18.2 Å². The highest BCUT2D eigenvalue weighted by Gasteiger charge is 2.15. The van der Waals surface area contributed by atoms with Gasteiger partial charge in [0.1, 0.15) is 11.5 Å². The Balaban J connectivity index is 1.52. The molecule has 0 saturated heterocycles. The average Bonchev–Trinajstić information content (AvgIpc) is 3.11. The predicted molar refractivity (Wildman–Crippen MR) is 112 cm³/mol. The minimum Gasteiger partial charge on any atom is -0.352 e. The molecule has 0 atom stereocenters. The van der Waals surface area contributed by atoms with E-state index in [4.69, 9.17) is 11.6 Å². The molecule has 0 fully saturated rings. The summed E-state index contributed by atoms with van der Waals surface area (Å²) in [6, 6.07) is 19.4. The summed E-state index contributed by atoms with van der Waals surface area (Å²) in [4.78, 5) is 17.1. The normalized spacial score (nSPS) is 11.0. The minimum atomic E-state index is -0.294. The molecule has 1 amide bonds. The molecule has 29 heavy (non-hydrogen) atoms. The molecule has 2 heterocycles. The third-order valence-corrected chi connectivity index (χ3v) is 5.14. The monoisotopic (exact) mass is 407 g/mol. The van der Waals surface area contributed by atoms with E-state index in [1.165, 1.54) is 12.1 Å². The van der Waals surface area contributed by atoms with Crippen LogP contribution in [0.5, 0.6) is 0 Å². The maximum atomic E-state index is 13.3. The van der Waals surface area contributed by atoms with Crippen molar-refractivity contribution in [2.45, 2.75) is 19.4 Å². The van der Waals surface area contributed by atoms with Crippen molar-refractivity contribution in [2.75, 3.05) is 0 Å². The summed E-state index contributed by atoms with van der Waals surface area (Å²) < 4.78 is 15.3. The first-order valence-electron chi connectivity index (χ1n) is 9.34. The van der Waals surface area contributed by atoms with Gasteiger partial charge in [0.05, 0.1) is 11.4 Å². The molecule has 0 bridgehead atoms. The molecule has 0 spiro atoms. The number of nitrogens with zero attached hydrogens (tertiary/aromatic N) is 2. The lowest BCUT2D eigenvalue weighted by atomic mass is 10.1. The summed E-state index contributed by atoms with van der Waals surface area (Å²) in [5, 5.41) is 3.55. The number of nitrogens with one attached hydrogen (secondary N) is 1. The number of pyridine rings is 1. The van der Waals surface area contributed by atoms with Crippen molar-refractivity contribution in [2.24, 2.45) is 0 Å². The molecule has 146 valence electrons. The number of carbonyl (C=O) groups excluding carboxylic acids is 1. The molecule has 0 radical (unpaired) electrons. The number of imidazole rings is 1. The number of halogens is 2. The van der Waals surface area contributed by atoms with Crippen molar-refractivity contribution in [3.63, 3.8) is 0 Å². The van der Waals surface area contributed by atoms with Crippen molar-refractivity contribution in [1.29, 1.82) is 0 Å². The second-order valence-corrected chi connectivity index (χ2v) is 7.12. The maximum absolute atomic E-state index is 13.3. The Bertz CT molecular complexity index is 1150. The number of aromatic nitrogens is 2.